The van der Waals surface area contributed by atoms with Crippen LogP contribution in [0.2, 0.25) is 0 Å². The fourth-order valence-corrected chi connectivity index (χ4v) is 5.36. The summed E-state index contributed by atoms with van der Waals surface area (Å²) in [6.45, 7) is 4.39. The molecule has 0 radical (unpaired) electrons. The highest BCUT2D eigenvalue weighted by atomic mass is 16.2. The number of amides is 3. The fraction of sp³-hybridized carbons (Fsp3) is 0.517. The molecule has 3 amide bonds. The molecule has 192 valence electrons. The summed E-state index contributed by atoms with van der Waals surface area (Å²) < 4.78 is 0. The summed E-state index contributed by atoms with van der Waals surface area (Å²) in [4.78, 5) is 46.3. The molecule has 4 rings (SSSR count). The Bertz CT molecular complexity index is 1050. The lowest BCUT2D eigenvalue weighted by Crippen LogP contribution is -2.56. The molecule has 0 unspecified atom stereocenters. The maximum atomic E-state index is 13.9. The number of rotatable bonds is 8. The van der Waals surface area contributed by atoms with Crippen molar-refractivity contribution in [3.05, 3.63) is 48.7 Å². The minimum Gasteiger partial charge on any atom is -0.344 e. The van der Waals surface area contributed by atoms with Crippen molar-refractivity contribution in [3.8, 4) is 11.3 Å². The van der Waals surface area contributed by atoms with Gasteiger partial charge >= 0.3 is 0 Å². The number of likely N-dealkylation sites (tertiary alicyclic amines) is 1. The number of nitrogens with one attached hydrogen (secondary N) is 2. The summed E-state index contributed by atoms with van der Waals surface area (Å²) in [7, 11) is 0. The van der Waals surface area contributed by atoms with Crippen LogP contribution in [0.3, 0.4) is 0 Å². The summed E-state index contributed by atoms with van der Waals surface area (Å²) in [5, 5.41) is 6.12. The minimum atomic E-state index is -0.571. The van der Waals surface area contributed by atoms with Crippen LogP contribution in [0.5, 0.6) is 0 Å². The maximum absolute atomic E-state index is 13.9. The molecule has 1 aliphatic heterocycles. The second kappa shape index (κ2) is 12.2. The van der Waals surface area contributed by atoms with Crippen LogP contribution in [0.15, 0.2) is 48.7 Å². The number of benzene rings is 1. The molecule has 2 N–H and O–H groups in total. The molecule has 1 aliphatic carbocycles. The average Bonchev–Trinajstić information content (AvgIpc) is 3.42. The van der Waals surface area contributed by atoms with Crippen molar-refractivity contribution >= 4 is 23.4 Å². The number of anilines is 1. The summed E-state index contributed by atoms with van der Waals surface area (Å²) >= 11 is 0. The standard InChI is InChI=1S/C29H38N4O3/c1-3-20(2)27(34)32-26(22-14-8-5-9-15-22)29(36)33-19-11-17-24(33)28(35)31-23-16-10-18-30-25(23)21-12-6-4-7-13-21/h4,6-7,10,12-13,16,18,20,22,24,26H,3,5,8-9,11,14-15,17,19H2,1-2H3,(H,31,35)(H,32,34)/t20-,24+,26+/m1/s1. The van der Waals surface area contributed by atoms with Gasteiger partial charge in [-0.15, -0.1) is 0 Å². The van der Waals surface area contributed by atoms with Crippen LogP contribution in [-0.2, 0) is 14.4 Å². The highest BCUT2D eigenvalue weighted by Gasteiger charge is 2.41. The first-order valence-electron chi connectivity index (χ1n) is 13.4. The first kappa shape index (κ1) is 25.9. The largest absolute Gasteiger partial charge is 0.344 e. The van der Waals surface area contributed by atoms with Gasteiger partial charge in [-0.05, 0) is 50.2 Å². The molecule has 1 saturated carbocycles. The third-order valence-electron chi connectivity index (χ3n) is 7.70. The predicted molar refractivity (Wildman–Crippen MR) is 141 cm³/mol. The maximum Gasteiger partial charge on any atom is 0.247 e. The van der Waals surface area contributed by atoms with E-state index in [2.05, 4.69) is 15.6 Å². The summed E-state index contributed by atoms with van der Waals surface area (Å²) in [6, 6.07) is 12.2. The van der Waals surface area contributed by atoms with E-state index < -0.39 is 12.1 Å². The number of hydrogen-bond acceptors (Lipinski definition) is 4. The monoisotopic (exact) mass is 490 g/mol. The first-order valence-corrected chi connectivity index (χ1v) is 13.4. The summed E-state index contributed by atoms with van der Waals surface area (Å²) in [6.07, 6.45) is 8.96. The second-order valence-electron chi connectivity index (χ2n) is 10.1. The van der Waals surface area contributed by atoms with Gasteiger partial charge in [-0.3, -0.25) is 19.4 Å². The molecule has 0 spiro atoms. The summed E-state index contributed by atoms with van der Waals surface area (Å²) in [5.41, 5.74) is 2.24. The minimum absolute atomic E-state index is 0.0792. The van der Waals surface area contributed by atoms with Gasteiger partial charge in [0.05, 0.1) is 11.4 Å². The highest BCUT2D eigenvalue weighted by Crippen LogP contribution is 2.31. The zero-order chi connectivity index (χ0) is 25.5. The molecule has 2 aliphatic rings. The molecule has 2 heterocycles. The number of carbonyl (C=O) groups is 3. The van der Waals surface area contributed by atoms with Crippen molar-refractivity contribution in [2.75, 3.05) is 11.9 Å². The van der Waals surface area contributed by atoms with Gasteiger partial charge in [0.25, 0.3) is 0 Å². The van der Waals surface area contributed by atoms with Crippen molar-refractivity contribution in [2.24, 2.45) is 11.8 Å². The van der Waals surface area contributed by atoms with Crippen LogP contribution in [0.4, 0.5) is 5.69 Å². The van der Waals surface area contributed by atoms with Gasteiger partial charge in [0.15, 0.2) is 0 Å². The van der Waals surface area contributed by atoms with E-state index in [1.165, 1.54) is 6.42 Å². The Labute approximate surface area is 214 Å². The third kappa shape index (κ3) is 5.94. The summed E-state index contributed by atoms with van der Waals surface area (Å²) in [5.74, 6) is -0.438. The molecular formula is C29H38N4O3. The molecule has 0 bridgehead atoms. The predicted octanol–water partition coefficient (Wildman–Crippen LogP) is 4.79. The third-order valence-corrected chi connectivity index (χ3v) is 7.70. The quantitative estimate of drug-likeness (QED) is 0.557. The van der Waals surface area contributed by atoms with Gasteiger partial charge < -0.3 is 15.5 Å². The Hall–Kier alpha value is -3.22. The topological polar surface area (TPSA) is 91.4 Å². The molecule has 1 aromatic carbocycles. The molecule has 3 atom stereocenters. The normalized spacial score (nSPS) is 19.9. The van der Waals surface area contributed by atoms with Gasteiger partial charge in [0, 0.05) is 24.2 Å². The van der Waals surface area contributed by atoms with Crippen molar-refractivity contribution in [3.63, 3.8) is 0 Å². The molecule has 7 nitrogen and oxygen atoms in total. The van der Waals surface area contributed by atoms with E-state index in [-0.39, 0.29) is 29.6 Å². The number of aromatic nitrogens is 1. The number of pyridine rings is 1. The molecule has 2 aromatic rings. The van der Waals surface area contributed by atoms with Crippen LogP contribution in [0.1, 0.15) is 65.2 Å². The van der Waals surface area contributed by atoms with Crippen LogP contribution < -0.4 is 10.6 Å². The van der Waals surface area contributed by atoms with E-state index in [1.807, 2.05) is 50.2 Å². The van der Waals surface area contributed by atoms with E-state index in [9.17, 15) is 14.4 Å². The first-order chi connectivity index (χ1) is 17.5. The molecule has 7 heteroatoms. The molecule has 36 heavy (non-hydrogen) atoms. The Morgan fingerprint density at radius 2 is 1.75 bits per heavy atom. The molecule has 1 saturated heterocycles. The van der Waals surface area contributed by atoms with E-state index >= 15 is 0 Å². The van der Waals surface area contributed by atoms with Gasteiger partial charge in [0.2, 0.25) is 17.7 Å². The molecule has 1 aromatic heterocycles. The smallest absolute Gasteiger partial charge is 0.247 e. The van der Waals surface area contributed by atoms with Crippen LogP contribution in [-0.4, -0.2) is 46.2 Å². The molecule has 2 fully saturated rings. The zero-order valence-electron chi connectivity index (χ0n) is 21.4. The van der Waals surface area contributed by atoms with Crippen molar-refractivity contribution in [2.45, 2.75) is 77.3 Å². The Morgan fingerprint density at radius 3 is 2.47 bits per heavy atom. The van der Waals surface area contributed by atoms with E-state index in [4.69, 9.17) is 0 Å². The van der Waals surface area contributed by atoms with Gasteiger partial charge in [-0.2, -0.15) is 0 Å². The van der Waals surface area contributed by atoms with E-state index in [0.29, 0.717) is 24.3 Å². The van der Waals surface area contributed by atoms with Crippen molar-refractivity contribution < 1.29 is 14.4 Å². The van der Waals surface area contributed by atoms with Crippen LogP contribution in [0.25, 0.3) is 11.3 Å². The Kier molecular flexibility index (Phi) is 8.73. The zero-order valence-corrected chi connectivity index (χ0v) is 21.4. The van der Waals surface area contributed by atoms with Crippen molar-refractivity contribution in [1.82, 2.24) is 15.2 Å². The van der Waals surface area contributed by atoms with Crippen LogP contribution in [0, 0.1) is 11.8 Å². The van der Waals surface area contributed by atoms with Gasteiger partial charge in [-0.25, -0.2) is 0 Å². The van der Waals surface area contributed by atoms with E-state index in [1.54, 1.807) is 17.2 Å². The van der Waals surface area contributed by atoms with Crippen molar-refractivity contribution in [1.29, 1.82) is 0 Å². The fourth-order valence-electron chi connectivity index (χ4n) is 5.36. The number of hydrogen-bond donors (Lipinski definition) is 2. The van der Waals surface area contributed by atoms with Gasteiger partial charge in [0.1, 0.15) is 12.1 Å². The Balaban J connectivity index is 1.52. The lowest BCUT2D eigenvalue weighted by molar-refractivity contribution is -0.142. The van der Waals surface area contributed by atoms with Gasteiger partial charge in [-0.1, -0.05) is 63.4 Å². The number of carbonyl (C=O) groups excluding carboxylic acids is 3. The highest BCUT2D eigenvalue weighted by molar-refractivity contribution is 6.00. The SMILES string of the molecule is CC[C@@H](C)C(=O)N[C@H](C(=O)N1CCC[C@H]1C(=O)Nc1cccnc1-c1ccccc1)C1CCCCC1. The lowest BCUT2D eigenvalue weighted by Gasteiger charge is -2.35. The van der Waals surface area contributed by atoms with Crippen LogP contribution >= 0.6 is 0 Å². The van der Waals surface area contributed by atoms with E-state index in [0.717, 1.165) is 44.1 Å². The average molecular weight is 491 g/mol. The molecular weight excluding hydrogens is 452 g/mol. The Morgan fingerprint density at radius 1 is 1.00 bits per heavy atom. The lowest BCUT2D eigenvalue weighted by atomic mass is 9.83. The second-order valence-corrected chi connectivity index (χ2v) is 10.1. The number of nitrogens with zero attached hydrogens (tertiary/aromatic N) is 2.